The van der Waals surface area contributed by atoms with Crippen molar-refractivity contribution in [1.82, 2.24) is 9.47 Å². The van der Waals surface area contributed by atoms with E-state index in [-0.39, 0.29) is 19.0 Å². The van der Waals surface area contributed by atoms with Gasteiger partial charge in [-0.25, -0.2) is 0 Å². The van der Waals surface area contributed by atoms with Crippen molar-refractivity contribution in [2.24, 2.45) is 7.05 Å². The molecule has 1 aromatic heterocycles. The number of amides is 1. The van der Waals surface area contributed by atoms with Crippen LogP contribution in [0.25, 0.3) is 0 Å². The maximum absolute atomic E-state index is 12.0. The van der Waals surface area contributed by atoms with Gasteiger partial charge in [-0.05, 0) is 6.07 Å². The number of hydrogen-bond acceptors (Lipinski definition) is 3. The zero-order chi connectivity index (χ0) is 11.9. The highest BCUT2D eigenvalue weighted by Gasteiger charge is 2.33. The molecule has 2 N–H and O–H groups in total. The predicted octanol–water partition coefficient (Wildman–Crippen LogP) is -0.144. The van der Waals surface area contributed by atoms with E-state index >= 15 is 0 Å². The van der Waals surface area contributed by atoms with Gasteiger partial charge in [0.05, 0.1) is 17.2 Å². The standard InChI is InChI=1S/C10H13ClN2O3/c1-12-3-6(11)2-7(12)10(16)13-4-8(14)9(15)5-13/h2-3,8-9,14-15H,4-5H2,1H3. The first-order chi connectivity index (χ1) is 7.49. The molecule has 0 aromatic carbocycles. The average molecular weight is 245 g/mol. The number of β-amino-alcohol motifs (C(OH)–C–C–N with tert-alkyl or cyclic N) is 2. The van der Waals surface area contributed by atoms with Crippen LogP contribution in [0.15, 0.2) is 12.3 Å². The van der Waals surface area contributed by atoms with Gasteiger partial charge in [0, 0.05) is 26.3 Å². The van der Waals surface area contributed by atoms with Gasteiger partial charge in [-0.2, -0.15) is 0 Å². The maximum Gasteiger partial charge on any atom is 0.270 e. The summed E-state index contributed by atoms with van der Waals surface area (Å²) in [4.78, 5) is 13.4. The first-order valence-corrected chi connectivity index (χ1v) is 5.34. The molecule has 0 spiro atoms. The fraction of sp³-hybridized carbons (Fsp3) is 0.500. The topological polar surface area (TPSA) is 65.7 Å². The molecule has 6 heteroatoms. The van der Waals surface area contributed by atoms with Gasteiger partial charge in [0.15, 0.2) is 0 Å². The second-order valence-electron chi connectivity index (χ2n) is 4.00. The molecule has 1 fully saturated rings. The zero-order valence-corrected chi connectivity index (χ0v) is 9.55. The van der Waals surface area contributed by atoms with Crippen LogP contribution in [0.1, 0.15) is 10.5 Å². The SMILES string of the molecule is Cn1cc(Cl)cc1C(=O)N1CC(O)C(O)C1. The smallest absolute Gasteiger partial charge is 0.270 e. The number of nitrogens with zero attached hydrogens (tertiary/aromatic N) is 2. The van der Waals surface area contributed by atoms with Crippen molar-refractivity contribution >= 4 is 17.5 Å². The van der Waals surface area contributed by atoms with Crippen LogP contribution in [0.3, 0.4) is 0 Å². The minimum Gasteiger partial charge on any atom is -0.388 e. The fourth-order valence-corrected chi connectivity index (χ4v) is 2.08. The van der Waals surface area contributed by atoms with Crippen LogP contribution in [0, 0.1) is 0 Å². The molecule has 1 aliphatic heterocycles. The summed E-state index contributed by atoms with van der Waals surface area (Å²) in [7, 11) is 1.72. The molecule has 1 saturated heterocycles. The Morgan fingerprint density at radius 2 is 2.00 bits per heavy atom. The van der Waals surface area contributed by atoms with Gasteiger partial charge in [-0.1, -0.05) is 11.6 Å². The molecule has 2 heterocycles. The van der Waals surface area contributed by atoms with Crippen molar-refractivity contribution in [3.63, 3.8) is 0 Å². The Hall–Kier alpha value is -1.04. The molecule has 2 rings (SSSR count). The Labute approximate surface area is 97.8 Å². The molecule has 5 nitrogen and oxygen atoms in total. The number of carbonyl (C=O) groups excluding carboxylic acids is 1. The number of halogens is 1. The number of likely N-dealkylation sites (tertiary alicyclic amines) is 1. The molecule has 1 aromatic rings. The quantitative estimate of drug-likeness (QED) is 0.723. The van der Waals surface area contributed by atoms with Gasteiger partial charge in [-0.15, -0.1) is 0 Å². The summed E-state index contributed by atoms with van der Waals surface area (Å²) in [6.07, 6.45) is -0.0862. The minimum atomic E-state index is -0.861. The molecule has 0 radical (unpaired) electrons. The number of aliphatic hydroxyl groups is 2. The van der Waals surface area contributed by atoms with Crippen molar-refractivity contribution < 1.29 is 15.0 Å². The largest absolute Gasteiger partial charge is 0.388 e. The summed E-state index contributed by atoms with van der Waals surface area (Å²) >= 11 is 5.78. The summed E-state index contributed by atoms with van der Waals surface area (Å²) in [5.74, 6) is -0.231. The lowest BCUT2D eigenvalue weighted by molar-refractivity contribution is 0.0572. The number of carbonyl (C=O) groups is 1. The number of aliphatic hydroxyl groups excluding tert-OH is 2. The lowest BCUT2D eigenvalue weighted by Gasteiger charge is -2.15. The van der Waals surface area contributed by atoms with Crippen LogP contribution >= 0.6 is 11.6 Å². The van der Waals surface area contributed by atoms with Gasteiger partial charge >= 0.3 is 0 Å². The van der Waals surface area contributed by atoms with E-state index in [0.29, 0.717) is 10.7 Å². The van der Waals surface area contributed by atoms with Crippen molar-refractivity contribution in [1.29, 1.82) is 0 Å². The molecule has 2 atom stereocenters. The summed E-state index contributed by atoms with van der Waals surface area (Å²) in [5, 5.41) is 19.2. The lowest BCUT2D eigenvalue weighted by Crippen LogP contribution is -2.31. The number of aromatic nitrogens is 1. The lowest BCUT2D eigenvalue weighted by atomic mass is 10.3. The average Bonchev–Trinajstić information content (AvgIpc) is 2.70. The molecule has 88 valence electrons. The van der Waals surface area contributed by atoms with E-state index in [0.717, 1.165) is 0 Å². The third kappa shape index (κ3) is 1.93. The van der Waals surface area contributed by atoms with E-state index in [4.69, 9.17) is 11.6 Å². The highest BCUT2D eigenvalue weighted by Crippen LogP contribution is 2.18. The predicted molar refractivity (Wildman–Crippen MR) is 58.3 cm³/mol. The van der Waals surface area contributed by atoms with Gasteiger partial charge in [0.2, 0.25) is 0 Å². The van der Waals surface area contributed by atoms with Crippen LogP contribution in [0.2, 0.25) is 5.02 Å². The van der Waals surface area contributed by atoms with Crippen LogP contribution in [-0.2, 0) is 7.05 Å². The van der Waals surface area contributed by atoms with Crippen LogP contribution < -0.4 is 0 Å². The highest BCUT2D eigenvalue weighted by molar-refractivity contribution is 6.31. The zero-order valence-electron chi connectivity index (χ0n) is 8.80. The third-order valence-electron chi connectivity index (χ3n) is 2.74. The summed E-state index contributed by atoms with van der Waals surface area (Å²) in [6, 6.07) is 1.57. The van der Waals surface area contributed by atoms with Crippen LogP contribution in [0.5, 0.6) is 0 Å². The number of hydrogen-bond donors (Lipinski definition) is 2. The van der Waals surface area contributed by atoms with E-state index in [2.05, 4.69) is 0 Å². The van der Waals surface area contributed by atoms with Gasteiger partial charge < -0.3 is 19.7 Å². The van der Waals surface area contributed by atoms with Crippen LogP contribution in [-0.4, -0.2) is 50.9 Å². The van der Waals surface area contributed by atoms with E-state index in [1.54, 1.807) is 23.9 Å². The Bertz CT molecular complexity index is 408. The van der Waals surface area contributed by atoms with Gasteiger partial charge in [0.1, 0.15) is 5.69 Å². The monoisotopic (exact) mass is 244 g/mol. The second kappa shape index (κ2) is 4.08. The molecule has 0 bridgehead atoms. The number of aryl methyl sites for hydroxylation is 1. The van der Waals surface area contributed by atoms with Crippen molar-refractivity contribution in [2.75, 3.05) is 13.1 Å². The minimum absolute atomic E-state index is 0.156. The van der Waals surface area contributed by atoms with Crippen molar-refractivity contribution in [3.05, 3.63) is 23.0 Å². The van der Waals surface area contributed by atoms with Gasteiger partial charge in [-0.3, -0.25) is 4.79 Å². The summed E-state index contributed by atoms with van der Waals surface area (Å²) in [5.41, 5.74) is 0.450. The Balaban J connectivity index is 2.17. The second-order valence-corrected chi connectivity index (χ2v) is 4.44. The maximum atomic E-state index is 12.0. The molecule has 2 unspecified atom stereocenters. The Kier molecular flexibility index (Phi) is 2.92. The first-order valence-electron chi connectivity index (χ1n) is 4.96. The molecule has 0 aliphatic carbocycles. The van der Waals surface area contributed by atoms with E-state index in [1.165, 1.54) is 4.90 Å². The van der Waals surface area contributed by atoms with E-state index in [9.17, 15) is 15.0 Å². The molecule has 0 saturated carbocycles. The molecule has 1 amide bonds. The normalized spacial score (nSPS) is 25.1. The fourth-order valence-electron chi connectivity index (χ4n) is 1.83. The van der Waals surface area contributed by atoms with E-state index < -0.39 is 12.2 Å². The molecular formula is C10H13ClN2O3. The molecule has 16 heavy (non-hydrogen) atoms. The van der Waals surface area contributed by atoms with Gasteiger partial charge in [0.25, 0.3) is 5.91 Å². The Morgan fingerprint density at radius 3 is 2.44 bits per heavy atom. The van der Waals surface area contributed by atoms with Crippen molar-refractivity contribution in [2.45, 2.75) is 12.2 Å². The number of rotatable bonds is 1. The highest BCUT2D eigenvalue weighted by atomic mass is 35.5. The first kappa shape index (κ1) is 11.4. The molecule has 1 aliphatic rings. The summed E-state index contributed by atoms with van der Waals surface area (Å²) < 4.78 is 1.63. The summed E-state index contributed by atoms with van der Waals surface area (Å²) in [6.45, 7) is 0.311. The third-order valence-corrected chi connectivity index (χ3v) is 2.94. The molecular weight excluding hydrogens is 232 g/mol. The van der Waals surface area contributed by atoms with E-state index in [1.807, 2.05) is 0 Å². The van der Waals surface area contributed by atoms with Crippen molar-refractivity contribution in [3.8, 4) is 0 Å². The van der Waals surface area contributed by atoms with Crippen LogP contribution in [0.4, 0.5) is 0 Å². The Morgan fingerprint density at radius 1 is 1.44 bits per heavy atom.